The van der Waals surface area contributed by atoms with Gasteiger partial charge in [-0.25, -0.2) is 0 Å². The molecule has 2 saturated heterocycles. The largest absolute Gasteiger partial charge is 0.495 e. The molecule has 0 radical (unpaired) electrons. The number of amides is 2. The van der Waals surface area contributed by atoms with E-state index in [0.717, 1.165) is 30.3 Å². The number of methoxy groups -OCH3 is 1. The zero-order valence-electron chi connectivity index (χ0n) is 12.7. The lowest BCUT2D eigenvalue weighted by Crippen LogP contribution is -2.42. The van der Waals surface area contributed by atoms with Gasteiger partial charge in [-0.2, -0.15) is 11.8 Å². The fourth-order valence-electron chi connectivity index (χ4n) is 3.00. The number of benzene rings is 1. The van der Waals surface area contributed by atoms with Gasteiger partial charge in [0.25, 0.3) is 0 Å². The molecule has 0 N–H and O–H groups in total. The lowest BCUT2D eigenvalue weighted by molar-refractivity contribution is -0.135. The number of anilines is 1. The summed E-state index contributed by atoms with van der Waals surface area (Å²) in [4.78, 5) is 28.5. The Morgan fingerprint density at radius 1 is 1.27 bits per heavy atom. The molecule has 3 rings (SSSR count). The standard InChI is InChI=1S/C16H20N2O3S/c1-21-14-5-3-2-4-13(14)18-11-12(10-15(18)19)16(20)17-6-8-22-9-7-17/h2-5,12H,6-11H2,1H3/t12-/m0/s1. The topological polar surface area (TPSA) is 49.9 Å². The average Bonchev–Trinajstić information content (AvgIpc) is 2.96. The second-order valence-corrected chi connectivity index (χ2v) is 6.74. The van der Waals surface area contributed by atoms with Crippen molar-refractivity contribution in [1.29, 1.82) is 0 Å². The van der Waals surface area contributed by atoms with E-state index in [4.69, 9.17) is 4.74 Å². The summed E-state index contributed by atoms with van der Waals surface area (Å²) in [6, 6.07) is 7.44. The van der Waals surface area contributed by atoms with E-state index in [0.29, 0.717) is 18.7 Å². The van der Waals surface area contributed by atoms with Gasteiger partial charge < -0.3 is 14.5 Å². The molecular weight excluding hydrogens is 300 g/mol. The van der Waals surface area contributed by atoms with Crippen molar-refractivity contribution in [1.82, 2.24) is 4.90 Å². The van der Waals surface area contributed by atoms with Crippen LogP contribution in [0.2, 0.25) is 0 Å². The van der Waals surface area contributed by atoms with Crippen LogP contribution >= 0.6 is 11.8 Å². The van der Waals surface area contributed by atoms with E-state index >= 15 is 0 Å². The third kappa shape index (κ3) is 2.92. The molecule has 2 fully saturated rings. The lowest BCUT2D eigenvalue weighted by atomic mass is 10.1. The quantitative estimate of drug-likeness (QED) is 0.849. The van der Waals surface area contributed by atoms with Crippen LogP contribution in [0.5, 0.6) is 5.75 Å². The highest BCUT2D eigenvalue weighted by molar-refractivity contribution is 7.99. The Morgan fingerprint density at radius 2 is 2.00 bits per heavy atom. The van der Waals surface area contributed by atoms with Crippen molar-refractivity contribution in [2.75, 3.05) is 43.1 Å². The minimum atomic E-state index is -0.236. The summed E-state index contributed by atoms with van der Waals surface area (Å²) >= 11 is 1.87. The summed E-state index contributed by atoms with van der Waals surface area (Å²) in [6.07, 6.45) is 0.292. The fraction of sp³-hybridized carbons (Fsp3) is 0.500. The summed E-state index contributed by atoms with van der Waals surface area (Å²) in [7, 11) is 1.59. The number of ether oxygens (including phenoxy) is 1. The van der Waals surface area contributed by atoms with E-state index in [1.54, 1.807) is 12.0 Å². The minimum Gasteiger partial charge on any atom is -0.495 e. The number of rotatable bonds is 3. The molecule has 6 heteroatoms. The van der Waals surface area contributed by atoms with Crippen LogP contribution in [0.15, 0.2) is 24.3 Å². The van der Waals surface area contributed by atoms with Gasteiger partial charge in [0.2, 0.25) is 11.8 Å². The average molecular weight is 320 g/mol. The second-order valence-electron chi connectivity index (χ2n) is 5.51. The van der Waals surface area contributed by atoms with Gasteiger partial charge in [0, 0.05) is 37.6 Å². The Kier molecular flexibility index (Phi) is 4.57. The Hall–Kier alpha value is -1.69. The maximum absolute atomic E-state index is 12.6. The number of thioether (sulfide) groups is 1. The van der Waals surface area contributed by atoms with Crippen LogP contribution < -0.4 is 9.64 Å². The first-order chi connectivity index (χ1) is 10.7. The summed E-state index contributed by atoms with van der Waals surface area (Å²) in [5.41, 5.74) is 0.750. The zero-order valence-corrected chi connectivity index (χ0v) is 13.5. The van der Waals surface area contributed by atoms with Gasteiger partial charge in [0.05, 0.1) is 18.7 Å². The Bertz CT molecular complexity index is 572. The van der Waals surface area contributed by atoms with Crippen LogP contribution in [0.25, 0.3) is 0 Å². The molecule has 1 aromatic rings. The first-order valence-corrected chi connectivity index (χ1v) is 8.66. The molecular formula is C16H20N2O3S. The van der Waals surface area contributed by atoms with Crippen molar-refractivity contribution < 1.29 is 14.3 Å². The van der Waals surface area contributed by atoms with Crippen molar-refractivity contribution in [2.24, 2.45) is 5.92 Å². The monoisotopic (exact) mass is 320 g/mol. The van der Waals surface area contributed by atoms with Crippen molar-refractivity contribution >= 4 is 29.3 Å². The van der Waals surface area contributed by atoms with Crippen molar-refractivity contribution in [2.45, 2.75) is 6.42 Å². The molecule has 0 aromatic heterocycles. The maximum Gasteiger partial charge on any atom is 0.228 e. The van der Waals surface area contributed by atoms with Crippen LogP contribution in [0.3, 0.4) is 0 Å². The molecule has 0 saturated carbocycles. The van der Waals surface area contributed by atoms with Gasteiger partial charge in [-0.15, -0.1) is 0 Å². The second kappa shape index (κ2) is 6.60. The highest BCUT2D eigenvalue weighted by Gasteiger charge is 2.38. The predicted molar refractivity (Wildman–Crippen MR) is 87.4 cm³/mol. The van der Waals surface area contributed by atoms with E-state index < -0.39 is 0 Å². The molecule has 118 valence electrons. The van der Waals surface area contributed by atoms with Gasteiger partial charge in [-0.1, -0.05) is 12.1 Å². The highest BCUT2D eigenvalue weighted by atomic mass is 32.2. The zero-order chi connectivity index (χ0) is 15.5. The molecule has 2 heterocycles. The summed E-state index contributed by atoms with van der Waals surface area (Å²) in [5, 5.41) is 0. The summed E-state index contributed by atoms with van der Waals surface area (Å²) in [6.45, 7) is 2.04. The number of nitrogens with zero attached hydrogens (tertiary/aromatic N) is 2. The van der Waals surface area contributed by atoms with Crippen molar-refractivity contribution in [3.63, 3.8) is 0 Å². The molecule has 0 unspecified atom stereocenters. The predicted octanol–water partition coefficient (Wildman–Crippen LogP) is 1.62. The summed E-state index contributed by atoms with van der Waals surface area (Å²) in [5.74, 6) is 2.52. The van der Waals surface area contributed by atoms with Gasteiger partial charge in [-0.3, -0.25) is 9.59 Å². The Balaban J connectivity index is 1.74. The van der Waals surface area contributed by atoms with Crippen LogP contribution in [-0.2, 0) is 9.59 Å². The first-order valence-electron chi connectivity index (χ1n) is 7.50. The molecule has 1 atom stereocenters. The Morgan fingerprint density at radius 3 is 2.73 bits per heavy atom. The lowest BCUT2D eigenvalue weighted by Gasteiger charge is -2.28. The van der Waals surface area contributed by atoms with Crippen LogP contribution in [0, 0.1) is 5.92 Å². The van der Waals surface area contributed by atoms with Gasteiger partial charge in [0.1, 0.15) is 5.75 Å². The van der Waals surface area contributed by atoms with E-state index in [-0.39, 0.29) is 17.7 Å². The normalized spacial score (nSPS) is 22.0. The van der Waals surface area contributed by atoms with Crippen LogP contribution in [0.1, 0.15) is 6.42 Å². The molecule has 1 aromatic carbocycles. The summed E-state index contributed by atoms with van der Waals surface area (Å²) < 4.78 is 5.33. The van der Waals surface area contributed by atoms with E-state index in [9.17, 15) is 9.59 Å². The maximum atomic E-state index is 12.6. The van der Waals surface area contributed by atoms with Crippen molar-refractivity contribution in [3.05, 3.63) is 24.3 Å². The molecule has 2 aliphatic heterocycles. The molecule has 2 amide bonds. The van der Waals surface area contributed by atoms with E-state index in [1.807, 2.05) is 40.9 Å². The number of hydrogen-bond acceptors (Lipinski definition) is 4. The smallest absolute Gasteiger partial charge is 0.228 e. The molecule has 0 aliphatic carbocycles. The molecule has 5 nitrogen and oxygen atoms in total. The third-order valence-corrected chi connectivity index (χ3v) is 5.12. The SMILES string of the molecule is COc1ccccc1N1C[C@@H](C(=O)N2CCSCC2)CC1=O. The number of carbonyl (C=O) groups is 2. The van der Waals surface area contributed by atoms with Crippen LogP contribution in [0.4, 0.5) is 5.69 Å². The molecule has 0 spiro atoms. The third-order valence-electron chi connectivity index (χ3n) is 4.17. The highest BCUT2D eigenvalue weighted by Crippen LogP contribution is 2.33. The van der Waals surface area contributed by atoms with E-state index in [1.165, 1.54) is 0 Å². The number of hydrogen-bond donors (Lipinski definition) is 0. The number of para-hydroxylation sites is 2. The van der Waals surface area contributed by atoms with Crippen molar-refractivity contribution in [3.8, 4) is 5.75 Å². The molecule has 2 aliphatic rings. The van der Waals surface area contributed by atoms with Crippen LogP contribution in [-0.4, -0.2) is 55.0 Å². The fourth-order valence-corrected chi connectivity index (χ4v) is 3.90. The molecule has 22 heavy (non-hydrogen) atoms. The Labute approximate surface area is 134 Å². The van der Waals surface area contributed by atoms with E-state index in [2.05, 4.69) is 0 Å². The van der Waals surface area contributed by atoms with Gasteiger partial charge in [-0.05, 0) is 12.1 Å². The molecule has 0 bridgehead atoms. The van der Waals surface area contributed by atoms with Gasteiger partial charge in [0.15, 0.2) is 0 Å². The minimum absolute atomic E-state index is 0.00534. The van der Waals surface area contributed by atoms with Gasteiger partial charge >= 0.3 is 0 Å². The first kappa shape index (κ1) is 15.2. The number of carbonyl (C=O) groups excluding carboxylic acids is 2.